The number of rotatable bonds is 8. The molecule has 14 heteroatoms. The van der Waals surface area contributed by atoms with Gasteiger partial charge in [-0.1, -0.05) is 18.2 Å². The van der Waals surface area contributed by atoms with E-state index in [0.717, 1.165) is 0 Å². The van der Waals surface area contributed by atoms with Crippen LogP contribution >= 0.6 is 0 Å². The van der Waals surface area contributed by atoms with Crippen LogP contribution in [0.2, 0.25) is 0 Å². The molecular formula is C20H18F4O9S. The molecule has 0 radical (unpaired) electrons. The molecule has 1 aliphatic heterocycles. The van der Waals surface area contributed by atoms with Gasteiger partial charge in [0.1, 0.15) is 12.2 Å². The highest BCUT2D eigenvalue weighted by atomic mass is 32.2. The summed E-state index contributed by atoms with van der Waals surface area (Å²) < 4.78 is 98.8. The van der Waals surface area contributed by atoms with Gasteiger partial charge in [0.25, 0.3) is 0 Å². The van der Waals surface area contributed by atoms with E-state index in [2.05, 4.69) is 4.74 Å². The van der Waals surface area contributed by atoms with Crippen LogP contribution < -0.4 is 0 Å². The zero-order chi connectivity index (χ0) is 25.1. The van der Waals surface area contributed by atoms with E-state index in [4.69, 9.17) is 14.0 Å². The fraction of sp³-hybridized carbons (Fsp3) is 0.550. The summed E-state index contributed by atoms with van der Waals surface area (Å²) in [5, 5.41) is -5.79. The van der Waals surface area contributed by atoms with Crippen LogP contribution in [0.4, 0.5) is 17.6 Å². The standard InChI is InChI=1S/C20H18F4O9S/c21-19(22,20(23,24)34(28,29)30)6-7-31-17(26)12-10-8-11-13(12)18(27)33-15(11)14(10)32-16(25)9-4-2-1-3-5-9/h1-5,10-15H,6-8H2,(H,28,29,30). The predicted octanol–water partition coefficient (Wildman–Crippen LogP) is 2.07. The van der Waals surface area contributed by atoms with Crippen molar-refractivity contribution in [3.8, 4) is 0 Å². The van der Waals surface area contributed by atoms with E-state index in [9.17, 15) is 40.4 Å². The fourth-order valence-corrected chi connectivity index (χ4v) is 5.42. The van der Waals surface area contributed by atoms with Crippen molar-refractivity contribution in [3.63, 3.8) is 0 Å². The van der Waals surface area contributed by atoms with Gasteiger partial charge in [0.05, 0.1) is 30.4 Å². The molecule has 4 rings (SSSR count). The lowest BCUT2D eigenvalue weighted by Crippen LogP contribution is -2.47. The van der Waals surface area contributed by atoms with Gasteiger partial charge < -0.3 is 14.2 Å². The van der Waals surface area contributed by atoms with Gasteiger partial charge in [-0.25, -0.2) is 4.79 Å². The van der Waals surface area contributed by atoms with E-state index < -0.39 is 88.1 Å². The lowest BCUT2D eigenvalue weighted by molar-refractivity contribution is -0.178. The van der Waals surface area contributed by atoms with Crippen LogP contribution in [-0.4, -0.2) is 60.9 Å². The smallest absolute Gasteiger partial charge is 0.431 e. The Balaban J connectivity index is 1.44. The van der Waals surface area contributed by atoms with E-state index >= 15 is 0 Å². The molecule has 1 aromatic rings. The lowest BCUT2D eigenvalue weighted by Gasteiger charge is -2.30. The second-order valence-electron chi connectivity index (χ2n) is 8.37. The molecule has 6 unspecified atom stereocenters. The number of benzene rings is 1. The van der Waals surface area contributed by atoms with E-state index in [1.165, 1.54) is 12.1 Å². The Bertz CT molecular complexity index is 1110. The molecule has 1 heterocycles. The van der Waals surface area contributed by atoms with Crippen molar-refractivity contribution in [3.05, 3.63) is 35.9 Å². The molecule has 6 atom stereocenters. The molecule has 34 heavy (non-hydrogen) atoms. The Morgan fingerprint density at radius 3 is 2.38 bits per heavy atom. The first kappa shape index (κ1) is 24.4. The van der Waals surface area contributed by atoms with Gasteiger partial charge in [-0.2, -0.15) is 26.0 Å². The maximum Gasteiger partial charge on any atom is 0.431 e. The number of hydrogen-bond acceptors (Lipinski definition) is 8. The van der Waals surface area contributed by atoms with Gasteiger partial charge in [-0.15, -0.1) is 0 Å². The number of alkyl halides is 4. The van der Waals surface area contributed by atoms with Crippen LogP contribution in [0, 0.1) is 23.7 Å². The third kappa shape index (κ3) is 3.82. The van der Waals surface area contributed by atoms with Crippen molar-refractivity contribution in [1.82, 2.24) is 0 Å². The van der Waals surface area contributed by atoms with Crippen molar-refractivity contribution in [1.29, 1.82) is 0 Å². The van der Waals surface area contributed by atoms with E-state index in [1.807, 2.05) is 0 Å². The van der Waals surface area contributed by atoms with Crippen molar-refractivity contribution >= 4 is 28.0 Å². The summed E-state index contributed by atoms with van der Waals surface area (Å²) in [7, 11) is -6.42. The van der Waals surface area contributed by atoms with E-state index in [1.54, 1.807) is 18.2 Å². The zero-order valence-corrected chi connectivity index (χ0v) is 17.9. The lowest BCUT2D eigenvalue weighted by atomic mass is 9.78. The van der Waals surface area contributed by atoms with Gasteiger partial charge in [-0.05, 0) is 18.6 Å². The molecule has 0 spiro atoms. The largest absolute Gasteiger partial charge is 0.465 e. The van der Waals surface area contributed by atoms with Gasteiger partial charge in [0, 0.05) is 11.8 Å². The number of fused-ring (bicyclic) bond motifs is 1. The molecule has 3 fully saturated rings. The first-order chi connectivity index (χ1) is 15.8. The number of ether oxygens (including phenoxy) is 3. The Labute approximate surface area is 190 Å². The van der Waals surface area contributed by atoms with E-state index in [0.29, 0.717) is 0 Å². The number of carbonyl (C=O) groups is 3. The molecular weight excluding hydrogens is 492 g/mol. The molecule has 3 aliphatic rings. The molecule has 9 nitrogen and oxygen atoms in total. The molecule has 2 aliphatic carbocycles. The number of halogens is 4. The average Bonchev–Trinajstić information content (AvgIpc) is 3.37. The topological polar surface area (TPSA) is 133 Å². The molecule has 0 aromatic heterocycles. The maximum atomic E-state index is 13.6. The SMILES string of the molecule is O=C(OC1C2CC3C1OC(=O)C3C2C(=O)OCCC(F)(F)C(F)(F)S(=O)(=O)O)c1ccccc1. The summed E-state index contributed by atoms with van der Waals surface area (Å²) in [4.78, 5) is 37.4. The Morgan fingerprint density at radius 2 is 1.76 bits per heavy atom. The highest BCUT2D eigenvalue weighted by Crippen LogP contribution is 2.59. The first-order valence-corrected chi connectivity index (χ1v) is 11.6. The Hall–Kier alpha value is -2.74. The Kier molecular flexibility index (Phi) is 5.87. The van der Waals surface area contributed by atoms with E-state index in [-0.39, 0.29) is 12.0 Å². The first-order valence-electron chi connectivity index (χ1n) is 10.1. The predicted molar refractivity (Wildman–Crippen MR) is 101 cm³/mol. The fourth-order valence-electron chi connectivity index (χ4n) is 4.94. The molecule has 0 amide bonds. The zero-order valence-electron chi connectivity index (χ0n) is 17.1. The van der Waals surface area contributed by atoms with Crippen LogP contribution in [0.5, 0.6) is 0 Å². The van der Waals surface area contributed by atoms with Crippen molar-refractivity contribution < 1.29 is 59.1 Å². The number of hydrogen-bond donors (Lipinski definition) is 1. The van der Waals surface area contributed by atoms with Crippen molar-refractivity contribution in [2.75, 3.05) is 6.61 Å². The monoisotopic (exact) mass is 510 g/mol. The van der Waals surface area contributed by atoms with Gasteiger partial charge in [0.15, 0.2) is 0 Å². The summed E-state index contributed by atoms with van der Waals surface area (Å²) in [6, 6.07) is 7.87. The van der Waals surface area contributed by atoms with Gasteiger partial charge in [0.2, 0.25) is 0 Å². The second-order valence-corrected chi connectivity index (χ2v) is 9.83. The highest BCUT2D eigenvalue weighted by molar-refractivity contribution is 7.87. The van der Waals surface area contributed by atoms with Crippen LogP contribution in [-0.2, 0) is 33.9 Å². The summed E-state index contributed by atoms with van der Waals surface area (Å²) in [5.74, 6) is -11.3. The minimum atomic E-state index is -6.42. The molecule has 1 aromatic carbocycles. The van der Waals surface area contributed by atoms with Crippen LogP contribution in [0.1, 0.15) is 23.2 Å². The van der Waals surface area contributed by atoms with Crippen LogP contribution in [0.15, 0.2) is 30.3 Å². The summed E-state index contributed by atoms with van der Waals surface area (Å²) >= 11 is 0. The van der Waals surface area contributed by atoms with Crippen LogP contribution in [0.25, 0.3) is 0 Å². The number of esters is 3. The Morgan fingerprint density at radius 1 is 1.12 bits per heavy atom. The highest BCUT2D eigenvalue weighted by Gasteiger charge is 2.70. The molecule has 2 bridgehead atoms. The molecule has 1 N–H and O–H groups in total. The van der Waals surface area contributed by atoms with Gasteiger partial charge in [-0.3, -0.25) is 14.1 Å². The summed E-state index contributed by atoms with van der Waals surface area (Å²) in [6.07, 6.45) is -3.43. The molecule has 186 valence electrons. The van der Waals surface area contributed by atoms with Crippen molar-refractivity contribution in [2.24, 2.45) is 23.7 Å². The van der Waals surface area contributed by atoms with Gasteiger partial charge >= 0.3 is 39.2 Å². The maximum absolute atomic E-state index is 13.6. The second kappa shape index (κ2) is 8.18. The quantitative estimate of drug-likeness (QED) is 0.241. The third-order valence-corrected chi connectivity index (χ3v) is 7.43. The van der Waals surface area contributed by atoms with Crippen molar-refractivity contribution in [2.45, 2.75) is 36.2 Å². The molecule has 1 saturated heterocycles. The third-order valence-electron chi connectivity index (χ3n) is 6.48. The summed E-state index contributed by atoms with van der Waals surface area (Å²) in [5.41, 5.74) is 0.215. The minimum absolute atomic E-state index is 0.215. The minimum Gasteiger partial charge on any atom is -0.465 e. The number of carbonyl (C=O) groups excluding carboxylic acids is 3. The van der Waals surface area contributed by atoms with Crippen LogP contribution in [0.3, 0.4) is 0 Å². The average molecular weight is 510 g/mol. The normalized spacial score (nSPS) is 30.2. The summed E-state index contributed by atoms with van der Waals surface area (Å²) in [6.45, 7) is -1.31. The molecule has 2 saturated carbocycles.